The molecule has 2 N–H and O–H groups in total. The zero-order valence-electron chi connectivity index (χ0n) is 6.90. The summed E-state index contributed by atoms with van der Waals surface area (Å²) in [7, 11) is 0. The minimum absolute atomic E-state index is 0. The Morgan fingerprint density at radius 3 is 1.86 bits per heavy atom. The fraction of sp³-hybridized carbons (Fsp3) is 0.667. The molecule has 0 atom stereocenters. The second-order valence-electron chi connectivity index (χ2n) is 2.26. The maximum atomic E-state index is 10.5. The number of aliphatic carboxylic acids is 2. The molecule has 0 aromatic carbocycles. The Bertz CT molecular complexity index is 198. The van der Waals surface area contributed by atoms with Crippen LogP contribution in [0.2, 0.25) is 0 Å². The van der Waals surface area contributed by atoms with E-state index in [0.29, 0.717) is 6.42 Å². The molecule has 0 saturated heterocycles. The molecule has 0 spiro atoms. The van der Waals surface area contributed by atoms with Crippen molar-refractivity contribution in [1.82, 2.24) is 0 Å². The maximum Gasteiger partial charge on any atom is 0.331 e. The van der Waals surface area contributed by atoms with Crippen LogP contribution in [-0.2, 0) is 9.59 Å². The smallest absolute Gasteiger partial charge is 0.331 e. The van der Waals surface area contributed by atoms with Gasteiger partial charge in [-0.25, -0.2) is 4.79 Å². The van der Waals surface area contributed by atoms with Crippen molar-refractivity contribution in [1.29, 1.82) is 0 Å². The third-order valence-electron chi connectivity index (χ3n) is 1.19. The first-order chi connectivity index (χ1) is 5.36. The van der Waals surface area contributed by atoms with Crippen LogP contribution in [-0.4, -0.2) is 25.4 Å². The van der Waals surface area contributed by atoms with Crippen molar-refractivity contribution in [3.05, 3.63) is 0 Å². The molecule has 4 nitrogen and oxygen atoms in total. The van der Waals surface area contributed by atoms with Crippen LogP contribution in [0.5, 0.6) is 0 Å². The van der Waals surface area contributed by atoms with E-state index in [1.165, 1.54) is 0 Å². The summed E-state index contributed by atoms with van der Waals surface area (Å²) in [6.07, 6.45) is 0.527. The van der Waals surface area contributed by atoms with Gasteiger partial charge in [0.15, 0.2) is 3.23 Å². The van der Waals surface area contributed by atoms with E-state index in [4.69, 9.17) is 10.2 Å². The minimum Gasteiger partial charge on any atom is -0.481 e. The molecule has 0 bridgehead atoms. The number of halogens is 4. The fourth-order valence-corrected chi connectivity index (χ4v) is 1.13. The molecule has 0 aliphatic rings. The lowest BCUT2D eigenvalue weighted by atomic mass is 10.2. The highest BCUT2D eigenvalue weighted by Gasteiger charge is 2.31. The SMILES string of the molecule is Cl.Cl.O=C(O)CCCC(Br)(Br)C(=O)O. The lowest BCUT2D eigenvalue weighted by Crippen LogP contribution is -2.24. The van der Waals surface area contributed by atoms with Crippen molar-refractivity contribution in [2.45, 2.75) is 22.5 Å². The van der Waals surface area contributed by atoms with Crippen molar-refractivity contribution >= 4 is 68.6 Å². The van der Waals surface area contributed by atoms with E-state index in [1.807, 2.05) is 0 Å². The topological polar surface area (TPSA) is 74.6 Å². The monoisotopic (exact) mass is 374 g/mol. The lowest BCUT2D eigenvalue weighted by molar-refractivity contribution is -0.139. The van der Waals surface area contributed by atoms with Crippen LogP contribution in [0, 0.1) is 0 Å². The predicted octanol–water partition coefficient (Wildman–Crippen LogP) is 2.66. The molecule has 0 fully saturated rings. The molecule has 86 valence electrons. The average Bonchev–Trinajstić information content (AvgIpc) is 1.85. The third kappa shape index (κ3) is 9.05. The highest BCUT2D eigenvalue weighted by molar-refractivity contribution is 9.25. The summed E-state index contributed by atoms with van der Waals surface area (Å²) in [4.78, 5) is 20.5. The Balaban J connectivity index is -0.000000605. The van der Waals surface area contributed by atoms with E-state index >= 15 is 0 Å². The molecular weight excluding hydrogens is 367 g/mol. The van der Waals surface area contributed by atoms with E-state index in [-0.39, 0.29) is 37.7 Å². The summed E-state index contributed by atoms with van der Waals surface area (Å²) in [6, 6.07) is 0. The number of hydrogen-bond donors (Lipinski definition) is 2. The van der Waals surface area contributed by atoms with Gasteiger partial charge < -0.3 is 10.2 Å². The first-order valence-electron chi connectivity index (χ1n) is 3.19. The molecule has 0 unspecified atom stereocenters. The summed E-state index contributed by atoms with van der Waals surface area (Å²) < 4.78 is -1.19. The van der Waals surface area contributed by atoms with Crippen LogP contribution >= 0.6 is 56.7 Å². The van der Waals surface area contributed by atoms with Gasteiger partial charge in [0.1, 0.15) is 0 Å². The molecule has 8 heteroatoms. The minimum atomic E-state index is -1.19. The van der Waals surface area contributed by atoms with Crippen LogP contribution in [0.15, 0.2) is 0 Å². The largest absolute Gasteiger partial charge is 0.481 e. The van der Waals surface area contributed by atoms with Gasteiger partial charge in [-0.3, -0.25) is 4.79 Å². The van der Waals surface area contributed by atoms with Gasteiger partial charge in [-0.05, 0) is 12.8 Å². The Hall–Kier alpha value is 0.480. The molecule has 0 heterocycles. The first kappa shape index (κ1) is 20.0. The number of rotatable bonds is 5. The van der Waals surface area contributed by atoms with Gasteiger partial charge >= 0.3 is 11.9 Å². The van der Waals surface area contributed by atoms with Crippen LogP contribution in [0.3, 0.4) is 0 Å². The summed E-state index contributed by atoms with van der Waals surface area (Å²) in [6.45, 7) is 0. The lowest BCUT2D eigenvalue weighted by Gasteiger charge is -2.13. The Morgan fingerprint density at radius 2 is 1.57 bits per heavy atom. The van der Waals surface area contributed by atoms with E-state index in [0.717, 1.165) is 0 Å². The third-order valence-corrected chi connectivity index (χ3v) is 2.67. The van der Waals surface area contributed by atoms with Crippen LogP contribution in [0.4, 0.5) is 0 Å². The van der Waals surface area contributed by atoms with Gasteiger partial charge in [-0.1, -0.05) is 31.9 Å². The van der Waals surface area contributed by atoms with Crippen LogP contribution in [0.25, 0.3) is 0 Å². The Morgan fingerprint density at radius 1 is 1.14 bits per heavy atom. The number of hydrogen-bond acceptors (Lipinski definition) is 2. The van der Waals surface area contributed by atoms with E-state index in [2.05, 4.69) is 31.9 Å². The van der Waals surface area contributed by atoms with Gasteiger partial charge in [0.25, 0.3) is 0 Å². The van der Waals surface area contributed by atoms with Crippen LogP contribution < -0.4 is 0 Å². The van der Waals surface area contributed by atoms with E-state index in [9.17, 15) is 9.59 Å². The van der Waals surface area contributed by atoms with Crippen LogP contribution in [0.1, 0.15) is 19.3 Å². The van der Waals surface area contributed by atoms with E-state index < -0.39 is 15.2 Å². The Kier molecular flexibility index (Phi) is 12.5. The molecule has 0 amide bonds. The first-order valence-corrected chi connectivity index (χ1v) is 4.78. The van der Waals surface area contributed by atoms with Crippen molar-refractivity contribution in [3.63, 3.8) is 0 Å². The molecule has 14 heavy (non-hydrogen) atoms. The predicted molar refractivity (Wildman–Crippen MR) is 64.2 cm³/mol. The zero-order chi connectivity index (χ0) is 9.78. The zero-order valence-corrected chi connectivity index (χ0v) is 11.7. The van der Waals surface area contributed by atoms with Crippen molar-refractivity contribution in [2.24, 2.45) is 0 Å². The highest BCUT2D eigenvalue weighted by atomic mass is 79.9. The highest BCUT2D eigenvalue weighted by Crippen LogP contribution is 2.32. The summed E-state index contributed by atoms with van der Waals surface area (Å²) in [5.74, 6) is -1.97. The summed E-state index contributed by atoms with van der Waals surface area (Å²) >= 11 is 5.84. The van der Waals surface area contributed by atoms with Gasteiger partial charge in [-0.15, -0.1) is 24.8 Å². The second kappa shape index (κ2) is 8.76. The van der Waals surface area contributed by atoms with Gasteiger partial charge in [-0.2, -0.15) is 0 Å². The standard InChI is InChI=1S/C6H8Br2O4.2ClH/c7-6(8,5(11)12)3-1-2-4(9)10;;/h1-3H2,(H,9,10)(H,11,12);2*1H. The molecule has 0 aromatic rings. The van der Waals surface area contributed by atoms with Crippen molar-refractivity contribution in [2.75, 3.05) is 0 Å². The quantitative estimate of drug-likeness (QED) is 0.723. The second-order valence-corrected chi connectivity index (χ2v) is 6.03. The average molecular weight is 377 g/mol. The number of alkyl halides is 2. The number of carboxylic acids is 2. The molecule has 0 aromatic heterocycles. The number of carboxylic acid groups (broad SMARTS) is 2. The molecule has 0 aliphatic carbocycles. The van der Waals surface area contributed by atoms with Gasteiger partial charge in [0, 0.05) is 6.42 Å². The van der Waals surface area contributed by atoms with Gasteiger partial charge in [0.2, 0.25) is 0 Å². The maximum absolute atomic E-state index is 10.5. The molecule has 0 rings (SSSR count). The molecule has 0 aliphatic heterocycles. The Labute approximate surface area is 111 Å². The normalized spacial score (nSPS) is 9.57. The summed E-state index contributed by atoms with van der Waals surface area (Å²) in [5, 5.41) is 16.8. The molecule has 0 saturated carbocycles. The van der Waals surface area contributed by atoms with Gasteiger partial charge in [0.05, 0.1) is 0 Å². The fourth-order valence-electron chi connectivity index (χ4n) is 0.569. The number of carbonyl (C=O) groups is 2. The van der Waals surface area contributed by atoms with Crippen molar-refractivity contribution < 1.29 is 19.8 Å². The molecule has 0 radical (unpaired) electrons. The van der Waals surface area contributed by atoms with Crippen molar-refractivity contribution in [3.8, 4) is 0 Å². The molecular formula is C6H10Br2Cl2O4. The van der Waals surface area contributed by atoms with E-state index in [1.54, 1.807) is 0 Å². The summed E-state index contributed by atoms with van der Waals surface area (Å²) in [5.41, 5.74) is 0.